The van der Waals surface area contributed by atoms with Crippen LogP contribution in [-0.4, -0.2) is 14.5 Å². The number of aromatic nitrogens is 3. The van der Waals surface area contributed by atoms with E-state index in [-0.39, 0.29) is 0 Å². The van der Waals surface area contributed by atoms with Crippen molar-refractivity contribution in [2.45, 2.75) is 13.5 Å². The quantitative estimate of drug-likeness (QED) is 0.795. The molecule has 1 aromatic carbocycles. The van der Waals surface area contributed by atoms with Crippen molar-refractivity contribution in [1.82, 2.24) is 14.5 Å². The van der Waals surface area contributed by atoms with Gasteiger partial charge in [0.1, 0.15) is 0 Å². The first-order chi connectivity index (χ1) is 9.74. The highest BCUT2D eigenvalue weighted by Crippen LogP contribution is 2.28. The van der Waals surface area contributed by atoms with Crippen molar-refractivity contribution in [2.75, 3.05) is 5.32 Å². The van der Waals surface area contributed by atoms with Crippen molar-refractivity contribution < 1.29 is 0 Å². The number of thiazole rings is 1. The van der Waals surface area contributed by atoms with Gasteiger partial charge < -0.3 is 9.88 Å². The molecule has 2 heterocycles. The van der Waals surface area contributed by atoms with Gasteiger partial charge in [0.05, 0.1) is 40.0 Å². The highest BCUT2D eigenvalue weighted by Gasteiger charge is 2.09. The molecule has 0 unspecified atom stereocenters. The van der Waals surface area contributed by atoms with E-state index >= 15 is 0 Å². The molecule has 3 rings (SSSR count). The molecule has 4 nitrogen and oxygen atoms in total. The minimum atomic E-state index is 0.673. The molecular weight excluding hydrogens is 292 g/mol. The lowest BCUT2D eigenvalue weighted by Gasteiger charge is -2.13. The van der Waals surface area contributed by atoms with E-state index in [0.29, 0.717) is 11.6 Å². The molecule has 0 atom stereocenters. The third kappa shape index (κ3) is 2.69. The maximum Gasteiger partial charge on any atom is 0.0992 e. The second-order valence-electron chi connectivity index (χ2n) is 4.32. The normalized spacial score (nSPS) is 10.7. The summed E-state index contributed by atoms with van der Waals surface area (Å²) >= 11 is 7.96. The van der Waals surface area contributed by atoms with E-state index in [1.54, 1.807) is 23.9 Å². The van der Waals surface area contributed by atoms with Gasteiger partial charge in [0.25, 0.3) is 0 Å². The van der Waals surface area contributed by atoms with E-state index in [1.165, 1.54) is 0 Å². The number of rotatable bonds is 4. The summed E-state index contributed by atoms with van der Waals surface area (Å²) in [6.45, 7) is 2.68. The smallest absolute Gasteiger partial charge is 0.0992 e. The van der Waals surface area contributed by atoms with Crippen molar-refractivity contribution in [2.24, 2.45) is 0 Å². The lowest BCUT2D eigenvalue weighted by atomic mass is 10.2. The number of imidazole rings is 1. The van der Waals surface area contributed by atoms with Crippen LogP contribution in [-0.2, 0) is 6.54 Å². The summed E-state index contributed by atoms with van der Waals surface area (Å²) in [6.07, 6.45) is 5.34. The van der Waals surface area contributed by atoms with Crippen LogP contribution < -0.4 is 5.32 Å². The van der Waals surface area contributed by atoms with E-state index in [2.05, 4.69) is 20.7 Å². The number of hydrogen-bond donors (Lipinski definition) is 1. The van der Waals surface area contributed by atoms with Crippen LogP contribution in [0.3, 0.4) is 0 Å². The molecule has 6 heteroatoms. The highest BCUT2D eigenvalue weighted by molar-refractivity contribution is 7.09. The fourth-order valence-electron chi connectivity index (χ4n) is 1.99. The van der Waals surface area contributed by atoms with Gasteiger partial charge in [-0.2, -0.15) is 0 Å². The molecular formula is C14H13ClN4S. The molecule has 102 valence electrons. The number of nitrogens with zero attached hydrogens (tertiary/aromatic N) is 3. The van der Waals surface area contributed by atoms with E-state index in [4.69, 9.17) is 11.6 Å². The first kappa shape index (κ1) is 13.1. The zero-order chi connectivity index (χ0) is 13.9. The summed E-state index contributed by atoms with van der Waals surface area (Å²) in [5.41, 5.74) is 2.89. The standard InChI is InChI=1S/C14H13ClN4S/c1-10-18-11(8-20-10)7-17-13-4-2-3-12(15)14(13)19-6-5-16-9-19/h2-6,8-9,17H,7H2,1H3. The topological polar surface area (TPSA) is 42.7 Å². The van der Waals surface area contributed by atoms with E-state index in [1.807, 2.05) is 35.9 Å². The highest BCUT2D eigenvalue weighted by atomic mass is 35.5. The first-order valence-electron chi connectivity index (χ1n) is 6.16. The summed E-state index contributed by atoms with van der Waals surface area (Å²) in [6, 6.07) is 5.80. The molecule has 3 aromatic rings. The maximum atomic E-state index is 6.30. The van der Waals surface area contributed by atoms with Gasteiger partial charge in [-0.05, 0) is 19.1 Å². The Morgan fingerprint density at radius 3 is 3.00 bits per heavy atom. The Kier molecular flexibility index (Phi) is 3.71. The average Bonchev–Trinajstić information content (AvgIpc) is 3.08. The molecule has 2 aromatic heterocycles. The van der Waals surface area contributed by atoms with Crippen LogP contribution in [0.4, 0.5) is 5.69 Å². The second kappa shape index (κ2) is 5.64. The maximum absolute atomic E-state index is 6.30. The predicted molar refractivity (Wildman–Crippen MR) is 82.8 cm³/mol. The molecule has 0 aliphatic rings. The van der Waals surface area contributed by atoms with Crippen molar-refractivity contribution in [3.05, 3.63) is 58.0 Å². The molecule has 20 heavy (non-hydrogen) atoms. The zero-order valence-electron chi connectivity index (χ0n) is 10.9. The Balaban J connectivity index is 1.88. The Morgan fingerprint density at radius 1 is 1.40 bits per heavy atom. The van der Waals surface area contributed by atoms with Crippen LogP contribution in [0.1, 0.15) is 10.7 Å². The average molecular weight is 305 g/mol. The summed E-state index contributed by atoms with van der Waals surface area (Å²) in [7, 11) is 0. The van der Waals surface area contributed by atoms with Gasteiger partial charge in [-0.15, -0.1) is 11.3 Å². The summed E-state index contributed by atoms with van der Waals surface area (Å²) in [5.74, 6) is 0. The number of aryl methyl sites for hydroxylation is 1. The molecule has 0 fully saturated rings. The largest absolute Gasteiger partial charge is 0.378 e. The van der Waals surface area contributed by atoms with Crippen LogP contribution in [0.25, 0.3) is 5.69 Å². The molecule has 0 aliphatic heterocycles. The molecule has 0 radical (unpaired) electrons. The van der Waals surface area contributed by atoms with Crippen LogP contribution in [0.5, 0.6) is 0 Å². The number of halogens is 1. The van der Waals surface area contributed by atoms with Crippen molar-refractivity contribution >= 4 is 28.6 Å². The van der Waals surface area contributed by atoms with Gasteiger partial charge in [-0.3, -0.25) is 0 Å². The predicted octanol–water partition coefficient (Wildman–Crippen LogP) is 3.90. The second-order valence-corrected chi connectivity index (χ2v) is 5.79. The fourth-order valence-corrected chi connectivity index (χ4v) is 2.87. The number of para-hydroxylation sites is 1. The third-order valence-electron chi connectivity index (χ3n) is 2.88. The van der Waals surface area contributed by atoms with Gasteiger partial charge in [-0.1, -0.05) is 17.7 Å². The van der Waals surface area contributed by atoms with E-state index in [0.717, 1.165) is 22.1 Å². The number of benzene rings is 1. The number of anilines is 1. The van der Waals surface area contributed by atoms with E-state index in [9.17, 15) is 0 Å². The van der Waals surface area contributed by atoms with Crippen molar-refractivity contribution in [1.29, 1.82) is 0 Å². The van der Waals surface area contributed by atoms with Gasteiger partial charge in [0.15, 0.2) is 0 Å². The Hall–Kier alpha value is -1.85. The lowest BCUT2D eigenvalue weighted by molar-refractivity contribution is 1.02. The lowest BCUT2D eigenvalue weighted by Crippen LogP contribution is -2.04. The van der Waals surface area contributed by atoms with Crippen molar-refractivity contribution in [3.8, 4) is 5.69 Å². The molecule has 0 saturated carbocycles. The summed E-state index contributed by atoms with van der Waals surface area (Å²) < 4.78 is 1.90. The van der Waals surface area contributed by atoms with Gasteiger partial charge >= 0.3 is 0 Å². The van der Waals surface area contributed by atoms with Crippen molar-refractivity contribution in [3.63, 3.8) is 0 Å². The molecule has 0 bridgehead atoms. The summed E-state index contributed by atoms with van der Waals surface area (Å²) in [4.78, 5) is 8.51. The minimum absolute atomic E-state index is 0.673. The molecule has 0 amide bonds. The van der Waals surface area contributed by atoms with Crippen LogP contribution in [0.2, 0.25) is 5.02 Å². The zero-order valence-corrected chi connectivity index (χ0v) is 12.4. The molecule has 0 aliphatic carbocycles. The van der Waals surface area contributed by atoms with Gasteiger partial charge in [-0.25, -0.2) is 9.97 Å². The SMILES string of the molecule is Cc1nc(CNc2cccc(Cl)c2-n2ccnc2)cs1. The fraction of sp³-hybridized carbons (Fsp3) is 0.143. The Bertz CT molecular complexity index is 706. The molecule has 0 spiro atoms. The van der Waals surface area contributed by atoms with E-state index < -0.39 is 0 Å². The first-order valence-corrected chi connectivity index (χ1v) is 7.41. The number of nitrogens with one attached hydrogen (secondary N) is 1. The monoisotopic (exact) mass is 304 g/mol. The summed E-state index contributed by atoms with van der Waals surface area (Å²) in [5, 5.41) is 7.20. The van der Waals surface area contributed by atoms with Gasteiger partial charge in [0.2, 0.25) is 0 Å². The number of hydrogen-bond acceptors (Lipinski definition) is 4. The molecule has 0 saturated heterocycles. The minimum Gasteiger partial charge on any atom is -0.378 e. The Morgan fingerprint density at radius 2 is 2.30 bits per heavy atom. The third-order valence-corrected chi connectivity index (χ3v) is 4.00. The van der Waals surface area contributed by atoms with Gasteiger partial charge in [0, 0.05) is 17.8 Å². The van der Waals surface area contributed by atoms with Crippen LogP contribution >= 0.6 is 22.9 Å². The molecule has 1 N–H and O–H groups in total. The Labute approximate surface area is 126 Å². The van der Waals surface area contributed by atoms with Crippen LogP contribution in [0.15, 0.2) is 42.3 Å². The van der Waals surface area contributed by atoms with Crippen LogP contribution in [0, 0.1) is 6.92 Å².